The summed E-state index contributed by atoms with van der Waals surface area (Å²) in [5.41, 5.74) is 0. The first-order chi connectivity index (χ1) is 25.5. The lowest BCUT2D eigenvalue weighted by molar-refractivity contribution is -0.144. The Morgan fingerprint density at radius 1 is 0.500 bits per heavy atom. The molecule has 0 atom stereocenters. The van der Waals surface area contributed by atoms with E-state index in [1.54, 1.807) is 6.34 Å². The summed E-state index contributed by atoms with van der Waals surface area (Å²) in [6.07, 6.45) is 38.8. The average molecular weight is 736 g/mol. The van der Waals surface area contributed by atoms with E-state index in [0.717, 1.165) is 45.2 Å². The zero-order chi connectivity index (χ0) is 38.6. The van der Waals surface area contributed by atoms with Gasteiger partial charge in [0.15, 0.2) is 0 Å². The standard InChI is InChI=1S/C43H83N3O4.C2H6/c1-5-8-10-12-14-16-18-20-22-24-26-28-30-39-49-42(47)33-37-46(36-32-35-45(4)41-44-7-3)38-34-43(48)50-40-31-29-27-25-23-21-19-17-15-13-11-9-6-2;1-2/h7,41H,3,5-6,8-40H2,1-2,4H3;1-2H3. The summed E-state index contributed by atoms with van der Waals surface area (Å²) in [6.45, 7) is 16.0. The van der Waals surface area contributed by atoms with E-state index in [-0.39, 0.29) is 11.9 Å². The van der Waals surface area contributed by atoms with Crippen LogP contribution in [0, 0.1) is 0 Å². The van der Waals surface area contributed by atoms with Gasteiger partial charge in [0.1, 0.15) is 0 Å². The van der Waals surface area contributed by atoms with Crippen molar-refractivity contribution in [3.05, 3.63) is 12.8 Å². The molecule has 0 radical (unpaired) electrons. The van der Waals surface area contributed by atoms with Crippen molar-refractivity contribution in [2.75, 3.05) is 46.4 Å². The van der Waals surface area contributed by atoms with Gasteiger partial charge in [-0.05, 0) is 25.8 Å². The van der Waals surface area contributed by atoms with Gasteiger partial charge in [-0.3, -0.25) is 9.59 Å². The van der Waals surface area contributed by atoms with Gasteiger partial charge >= 0.3 is 11.9 Å². The van der Waals surface area contributed by atoms with Crippen LogP contribution in [-0.2, 0) is 19.1 Å². The van der Waals surface area contributed by atoms with Crippen LogP contribution < -0.4 is 0 Å². The van der Waals surface area contributed by atoms with Crippen LogP contribution in [0.4, 0.5) is 0 Å². The number of carbonyl (C=O) groups is 2. The molecule has 0 unspecified atom stereocenters. The van der Waals surface area contributed by atoms with Gasteiger partial charge in [0, 0.05) is 32.9 Å². The predicted octanol–water partition coefficient (Wildman–Crippen LogP) is 12.9. The Morgan fingerprint density at radius 3 is 1.15 bits per heavy atom. The van der Waals surface area contributed by atoms with Gasteiger partial charge in [-0.1, -0.05) is 188 Å². The Balaban J connectivity index is 0. The summed E-state index contributed by atoms with van der Waals surface area (Å²) in [6, 6.07) is 0. The molecule has 0 N–H and O–H groups in total. The molecule has 0 aromatic heterocycles. The quantitative estimate of drug-likeness (QED) is 0.0270. The molecule has 0 aliphatic carbocycles. The van der Waals surface area contributed by atoms with Crippen molar-refractivity contribution in [1.29, 1.82) is 0 Å². The van der Waals surface area contributed by atoms with E-state index in [1.165, 1.54) is 147 Å². The lowest BCUT2D eigenvalue weighted by Gasteiger charge is -2.23. The smallest absolute Gasteiger partial charge is 0.307 e. The first-order valence-electron chi connectivity index (χ1n) is 22.4. The zero-order valence-electron chi connectivity index (χ0n) is 35.6. The van der Waals surface area contributed by atoms with Gasteiger partial charge in [0.25, 0.3) is 0 Å². The molecular formula is C45H89N3O4. The molecule has 0 aromatic carbocycles. The van der Waals surface area contributed by atoms with Crippen LogP contribution in [0.3, 0.4) is 0 Å². The summed E-state index contributed by atoms with van der Waals surface area (Å²) in [4.78, 5) is 33.3. The minimum atomic E-state index is -0.144. The van der Waals surface area contributed by atoms with E-state index in [4.69, 9.17) is 9.47 Å². The second-order valence-electron chi connectivity index (χ2n) is 14.5. The number of carbonyl (C=O) groups excluding carboxylic acids is 2. The van der Waals surface area contributed by atoms with Crippen molar-refractivity contribution in [1.82, 2.24) is 9.80 Å². The average Bonchev–Trinajstić information content (AvgIpc) is 3.15. The van der Waals surface area contributed by atoms with Crippen LogP contribution in [0.15, 0.2) is 17.8 Å². The minimum absolute atomic E-state index is 0.144. The van der Waals surface area contributed by atoms with Gasteiger partial charge in [0.05, 0.1) is 32.4 Å². The Labute approximate surface area is 324 Å². The number of hydrogen-bond donors (Lipinski definition) is 0. The summed E-state index contributed by atoms with van der Waals surface area (Å²) < 4.78 is 11.1. The predicted molar refractivity (Wildman–Crippen MR) is 226 cm³/mol. The highest BCUT2D eigenvalue weighted by atomic mass is 16.5. The molecule has 0 heterocycles. The molecule has 0 rings (SSSR count). The molecule has 0 aliphatic rings. The number of aliphatic imine (C=N–C) groups is 1. The Morgan fingerprint density at radius 2 is 0.827 bits per heavy atom. The highest BCUT2D eigenvalue weighted by Gasteiger charge is 2.13. The highest BCUT2D eigenvalue weighted by Crippen LogP contribution is 2.14. The van der Waals surface area contributed by atoms with E-state index in [9.17, 15) is 9.59 Å². The molecule has 7 heteroatoms. The maximum Gasteiger partial charge on any atom is 0.307 e. The van der Waals surface area contributed by atoms with Gasteiger partial charge < -0.3 is 19.3 Å². The number of ether oxygens (including phenoxy) is 2. The number of hydrogen-bond acceptors (Lipinski definition) is 6. The van der Waals surface area contributed by atoms with Crippen LogP contribution in [-0.4, -0.2) is 74.5 Å². The van der Waals surface area contributed by atoms with Crippen molar-refractivity contribution < 1.29 is 19.1 Å². The molecule has 0 spiro atoms. The number of esters is 2. The van der Waals surface area contributed by atoms with Crippen LogP contribution in [0.1, 0.15) is 214 Å². The maximum atomic E-state index is 12.5. The SMILES string of the molecule is C=CN=CN(C)CCCN(CCC(=O)OCCCCCCCCCCCCCCC)CCC(=O)OCCCCCCCCCCCCCCC.CC. The minimum Gasteiger partial charge on any atom is -0.466 e. The topological polar surface area (TPSA) is 71.4 Å². The number of unbranched alkanes of at least 4 members (excludes halogenated alkanes) is 24. The molecule has 0 aromatic rings. The first kappa shape index (κ1) is 52.2. The van der Waals surface area contributed by atoms with Gasteiger partial charge in [-0.25, -0.2) is 4.99 Å². The summed E-state index contributed by atoms with van der Waals surface area (Å²) >= 11 is 0. The highest BCUT2D eigenvalue weighted by molar-refractivity contribution is 5.70. The van der Waals surface area contributed by atoms with Crippen LogP contribution >= 0.6 is 0 Å². The molecule has 0 amide bonds. The van der Waals surface area contributed by atoms with E-state index in [1.807, 2.05) is 25.8 Å². The van der Waals surface area contributed by atoms with Gasteiger partial charge in [0.2, 0.25) is 0 Å². The molecule has 0 aliphatic heterocycles. The third kappa shape index (κ3) is 42.5. The Kier molecular flexibility index (Phi) is 45.5. The lowest BCUT2D eigenvalue weighted by Crippen LogP contribution is -2.32. The van der Waals surface area contributed by atoms with Crippen molar-refractivity contribution in [3.8, 4) is 0 Å². The summed E-state index contributed by atoms with van der Waals surface area (Å²) in [5, 5.41) is 0. The normalized spacial score (nSPS) is 11.1. The Bertz CT molecular complexity index is 728. The fourth-order valence-corrected chi connectivity index (χ4v) is 6.35. The van der Waals surface area contributed by atoms with Crippen LogP contribution in [0.25, 0.3) is 0 Å². The molecule has 0 bridgehead atoms. The largest absolute Gasteiger partial charge is 0.466 e. The molecule has 0 saturated carbocycles. The van der Waals surface area contributed by atoms with Gasteiger partial charge in [-0.15, -0.1) is 0 Å². The van der Waals surface area contributed by atoms with E-state index < -0.39 is 0 Å². The van der Waals surface area contributed by atoms with Gasteiger partial charge in [-0.2, -0.15) is 0 Å². The van der Waals surface area contributed by atoms with E-state index in [0.29, 0.717) is 39.1 Å². The third-order valence-corrected chi connectivity index (χ3v) is 9.64. The molecule has 52 heavy (non-hydrogen) atoms. The summed E-state index contributed by atoms with van der Waals surface area (Å²) in [5.74, 6) is -0.289. The van der Waals surface area contributed by atoms with Crippen LogP contribution in [0.2, 0.25) is 0 Å². The molecular weight excluding hydrogens is 647 g/mol. The number of nitrogens with zero attached hydrogens (tertiary/aromatic N) is 3. The van der Waals surface area contributed by atoms with Crippen molar-refractivity contribution in [2.24, 2.45) is 4.99 Å². The first-order valence-corrected chi connectivity index (χ1v) is 22.4. The van der Waals surface area contributed by atoms with E-state index in [2.05, 4.69) is 30.3 Å². The second kappa shape index (κ2) is 45.3. The maximum absolute atomic E-state index is 12.5. The Hall–Kier alpha value is -1.89. The number of rotatable bonds is 40. The molecule has 7 nitrogen and oxygen atoms in total. The van der Waals surface area contributed by atoms with Crippen LogP contribution in [0.5, 0.6) is 0 Å². The molecule has 308 valence electrons. The third-order valence-electron chi connectivity index (χ3n) is 9.64. The second-order valence-corrected chi connectivity index (χ2v) is 14.5. The monoisotopic (exact) mass is 736 g/mol. The van der Waals surface area contributed by atoms with E-state index >= 15 is 0 Å². The molecule has 0 fully saturated rings. The molecule has 0 saturated heterocycles. The van der Waals surface area contributed by atoms with Crippen molar-refractivity contribution >= 4 is 18.3 Å². The zero-order valence-corrected chi connectivity index (χ0v) is 35.6. The fourth-order valence-electron chi connectivity index (χ4n) is 6.35. The lowest BCUT2D eigenvalue weighted by atomic mass is 10.0. The van der Waals surface area contributed by atoms with Crippen molar-refractivity contribution in [3.63, 3.8) is 0 Å². The van der Waals surface area contributed by atoms with Crippen molar-refractivity contribution in [2.45, 2.75) is 214 Å². The fraction of sp³-hybridized carbons (Fsp3) is 0.889. The summed E-state index contributed by atoms with van der Waals surface area (Å²) in [7, 11) is 1.99.